The molecule has 2 aromatic rings. The van der Waals surface area contributed by atoms with Crippen LogP contribution in [0.5, 0.6) is 5.75 Å². The Morgan fingerprint density at radius 1 is 1.04 bits per heavy atom. The maximum atomic E-state index is 12.5. The van der Waals surface area contributed by atoms with Crippen molar-refractivity contribution >= 4 is 17.4 Å². The summed E-state index contributed by atoms with van der Waals surface area (Å²) in [7, 11) is 0. The number of amides is 1. The fourth-order valence-corrected chi connectivity index (χ4v) is 2.15. The van der Waals surface area contributed by atoms with Gasteiger partial charge in [0, 0.05) is 17.9 Å². The molecule has 0 saturated heterocycles. The highest BCUT2D eigenvalue weighted by atomic mass is 16.5. The minimum atomic E-state index is -0.289. The summed E-state index contributed by atoms with van der Waals surface area (Å²) in [6.07, 6.45) is 0. The van der Waals surface area contributed by atoms with Crippen LogP contribution in [0, 0.1) is 0 Å². The van der Waals surface area contributed by atoms with E-state index in [-0.39, 0.29) is 11.7 Å². The fourth-order valence-electron chi connectivity index (χ4n) is 2.15. The molecule has 2 aromatic carbocycles. The average molecular weight is 327 g/mol. The second-order valence-corrected chi connectivity index (χ2v) is 5.13. The van der Waals surface area contributed by atoms with E-state index >= 15 is 0 Å². The molecule has 0 radical (unpaired) electrons. The zero-order valence-electron chi connectivity index (χ0n) is 13.9. The van der Waals surface area contributed by atoms with Crippen molar-refractivity contribution < 1.29 is 19.1 Å². The Labute approximate surface area is 141 Å². The number of rotatable bonds is 8. The van der Waals surface area contributed by atoms with Crippen molar-refractivity contribution in [1.29, 1.82) is 0 Å². The molecule has 1 amide bonds. The first-order chi connectivity index (χ1) is 11.6. The van der Waals surface area contributed by atoms with Gasteiger partial charge >= 0.3 is 0 Å². The predicted molar refractivity (Wildman–Crippen MR) is 92.8 cm³/mol. The third-order valence-corrected chi connectivity index (χ3v) is 3.35. The van der Waals surface area contributed by atoms with Crippen molar-refractivity contribution in [2.45, 2.75) is 13.8 Å². The van der Waals surface area contributed by atoms with Gasteiger partial charge in [-0.25, -0.2) is 0 Å². The number of ether oxygens (including phenoxy) is 2. The molecule has 0 unspecified atom stereocenters. The van der Waals surface area contributed by atoms with Crippen LogP contribution in [-0.4, -0.2) is 31.5 Å². The second kappa shape index (κ2) is 8.84. The largest absolute Gasteiger partial charge is 0.490 e. The molecule has 5 nitrogen and oxygen atoms in total. The van der Waals surface area contributed by atoms with Gasteiger partial charge in [0.05, 0.1) is 12.2 Å². The van der Waals surface area contributed by atoms with Crippen LogP contribution in [0.2, 0.25) is 0 Å². The van der Waals surface area contributed by atoms with Crippen molar-refractivity contribution in [3.63, 3.8) is 0 Å². The van der Waals surface area contributed by atoms with Crippen LogP contribution < -0.4 is 10.1 Å². The Balaban J connectivity index is 2.09. The molecule has 24 heavy (non-hydrogen) atoms. The molecule has 0 saturated carbocycles. The van der Waals surface area contributed by atoms with Crippen LogP contribution in [0.4, 0.5) is 5.69 Å². The summed E-state index contributed by atoms with van der Waals surface area (Å²) in [5.41, 5.74) is 1.55. The second-order valence-electron chi connectivity index (χ2n) is 5.13. The van der Waals surface area contributed by atoms with E-state index in [1.165, 1.54) is 6.92 Å². The molecule has 0 aromatic heterocycles. The first kappa shape index (κ1) is 17.7. The van der Waals surface area contributed by atoms with Gasteiger partial charge in [0.2, 0.25) is 0 Å². The van der Waals surface area contributed by atoms with Gasteiger partial charge in [-0.15, -0.1) is 0 Å². The lowest BCUT2D eigenvalue weighted by molar-refractivity contribution is 0.0994. The maximum Gasteiger partial charge on any atom is 0.259 e. The first-order valence-corrected chi connectivity index (χ1v) is 7.83. The van der Waals surface area contributed by atoms with E-state index in [0.717, 1.165) is 0 Å². The van der Waals surface area contributed by atoms with Gasteiger partial charge in [-0.1, -0.05) is 24.3 Å². The van der Waals surface area contributed by atoms with E-state index in [0.29, 0.717) is 42.4 Å². The maximum absolute atomic E-state index is 12.5. The summed E-state index contributed by atoms with van der Waals surface area (Å²) in [5.74, 6) is 0.158. The van der Waals surface area contributed by atoms with Gasteiger partial charge in [0.25, 0.3) is 5.91 Å². The van der Waals surface area contributed by atoms with Crippen LogP contribution in [0.15, 0.2) is 48.5 Å². The van der Waals surface area contributed by atoms with Crippen LogP contribution in [0.3, 0.4) is 0 Å². The quantitative estimate of drug-likeness (QED) is 0.595. The highest BCUT2D eigenvalue weighted by Crippen LogP contribution is 2.20. The van der Waals surface area contributed by atoms with E-state index in [1.54, 1.807) is 42.5 Å². The molecule has 0 spiro atoms. The van der Waals surface area contributed by atoms with E-state index in [2.05, 4.69) is 5.32 Å². The molecule has 1 N–H and O–H groups in total. The predicted octanol–water partition coefficient (Wildman–Crippen LogP) is 3.56. The van der Waals surface area contributed by atoms with Gasteiger partial charge in [-0.2, -0.15) is 0 Å². The SMILES string of the molecule is CCOCCOc1ccccc1C(=O)Nc1cccc(C(C)=O)c1. The Bertz CT molecular complexity index is 712. The lowest BCUT2D eigenvalue weighted by Crippen LogP contribution is -2.15. The number of anilines is 1. The number of Topliss-reactive ketones (excluding diaryl/α,β-unsaturated/α-hetero) is 1. The zero-order chi connectivity index (χ0) is 17.4. The van der Waals surface area contributed by atoms with Gasteiger partial charge in [0.15, 0.2) is 5.78 Å². The third-order valence-electron chi connectivity index (χ3n) is 3.35. The molecule has 0 bridgehead atoms. The van der Waals surface area contributed by atoms with E-state index in [9.17, 15) is 9.59 Å². The normalized spacial score (nSPS) is 10.2. The molecule has 0 heterocycles. The number of benzene rings is 2. The average Bonchev–Trinajstić information content (AvgIpc) is 2.59. The van der Waals surface area contributed by atoms with Crippen molar-refractivity contribution in [2.24, 2.45) is 0 Å². The zero-order valence-corrected chi connectivity index (χ0v) is 13.9. The summed E-state index contributed by atoms with van der Waals surface area (Å²) in [6.45, 7) is 4.86. The number of ketones is 1. The Morgan fingerprint density at radius 3 is 2.58 bits per heavy atom. The highest BCUT2D eigenvalue weighted by Gasteiger charge is 2.13. The number of nitrogens with one attached hydrogen (secondary N) is 1. The van der Waals surface area contributed by atoms with Crippen LogP contribution >= 0.6 is 0 Å². The number of hydrogen-bond acceptors (Lipinski definition) is 4. The van der Waals surface area contributed by atoms with Gasteiger partial charge in [-0.3, -0.25) is 9.59 Å². The minimum Gasteiger partial charge on any atom is -0.490 e. The lowest BCUT2D eigenvalue weighted by Gasteiger charge is -2.12. The Hall–Kier alpha value is -2.66. The number of carbonyl (C=O) groups excluding carboxylic acids is 2. The number of hydrogen-bond donors (Lipinski definition) is 1. The fraction of sp³-hybridized carbons (Fsp3) is 0.263. The summed E-state index contributed by atoms with van der Waals surface area (Å²) in [6, 6.07) is 13.9. The van der Waals surface area contributed by atoms with Crippen LogP contribution in [0.1, 0.15) is 34.6 Å². The lowest BCUT2D eigenvalue weighted by atomic mass is 10.1. The summed E-state index contributed by atoms with van der Waals surface area (Å²) < 4.78 is 10.8. The molecular weight excluding hydrogens is 306 g/mol. The molecule has 0 aliphatic rings. The van der Waals surface area contributed by atoms with E-state index < -0.39 is 0 Å². The third kappa shape index (κ3) is 4.93. The highest BCUT2D eigenvalue weighted by molar-refractivity contribution is 6.06. The molecule has 126 valence electrons. The molecular formula is C19H21NO4. The molecule has 0 aliphatic carbocycles. The Morgan fingerprint density at radius 2 is 1.83 bits per heavy atom. The van der Waals surface area contributed by atoms with Crippen molar-refractivity contribution in [3.05, 3.63) is 59.7 Å². The monoisotopic (exact) mass is 327 g/mol. The smallest absolute Gasteiger partial charge is 0.259 e. The van der Waals surface area contributed by atoms with E-state index in [1.807, 2.05) is 13.0 Å². The van der Waals surface area contributed by atoms with Gasteiger partial charge < -0.3 is 14.8 Å². The van der Waals surface area contributed by atoms with Gasteiger partial charge in [0.1, 0.15) is 12.4 Å². The standard InChI is InChI=1S/C19H21NO4/c1-3-23-11-12-24-18-10-5-4-9-17(18)19(22)20-16-8-6-7-15(13-16)14(2)21/h4-10,13H,3,11-12H2,1-2H3,(H,20,22). The number of para-hydroxylation sites is 1. The summed E-state index contributed by atoms with van der Waals surface area (Å²) in [5, 5.41) is 2.79. The van der Waals surface area contributed by atoms with Crippen molar-refractivity contribution in [3.8, 4) is 5.75 Å². The van der Waals surface area contributed by atoms with Crippen molar-refractivity contribution in [1.82, 2.24) is 0 Å². The van der Waals surface area contributed by atoms with Crippen molar-refractivity contribution in [2.75, 3.05) is 25.1 Å². The molecule has 2 rings (SSSR count). The van der Waals surface area contributed by atoms with Gasteiger partial charge in [-0.05, 0) is 38.1 Å². The summed E-state index contributed by atoms with van der Waals surface area (Å²) in [4.78, 5) is 23.9. The molecule has 0 fully saturated rings. The topological polar surface area (TPSA) is 64.6 Å². The number of carbonyl (C=O) groups is 2. The van der Waals surface area contributed by atoms with E-state index in [4.69, 9.17) is 9.47 Å². The molecule has 0 aliphatic heterocycles. The minimum absolute atomic E-state index is 0.0502. The van der Waals surface area contributed by atoms with Crippen LogP contribution in [-0.2, 0) is 4.74 Å². The molecule has 5 heteroatoms. The summed E-state index contributed by atoms with van der Waals surface area (Å²) >= 11 is 0. The Kier molecular flexibility index (Phi) is 6.51. The first-order valence-electron chi connectivity index (χ1n) is 7.83. The van der Waals surface area contributed by atoms with Crippen LogP contribution in [0.25, 0.3) is 0 Å². The molecule has 0 atom stereocenters.